The monoisotopic (exact) mass is 259 g/mol. The van der Waals surface area contributed by atoms with Gasteiger partial charge in [-0.05, 0) is 5.92 Å². The maximum atomic E-state index is 11.7. The molecule has 1 aliphatic heterocycles. The van der Waals surface area contributed by atoms with Gasteiger partial charge in [-0.3, -0.25) is 4.79 Å². The minimum Gasteiger partial charge on any atom is -0.481 e. The van der Waals surface area contributed by atoms with E-state index in [9.17, 15) is 14.4 Å². The Morgan fingerprint density at radius 3 is 2.61 bits per heavy atom. The molecule has 0 saturated carbocycles. The molecule has 3 amide bonds. The summed E-state index contributed by atoms with van der Waals surface area (Å²) in [7, 11) is 0. The van der Waals surface area contributed by atoms with Crippen LogP contribution in [0.2, 0.25) is 0 Å². The first-order valence-corrected chi connectivity index (χ1v) is 5.59. The van der Waals surface area contributed by atoms with Crippen LogP contribution in [0.15, 0.2) is 0 Å². The molecule has 0 aromatic rings. The zero-order valence-corrected chi connectivity index (χ0v) is 10.1. The normalized spacial score (nSPS) is 22.6. The molecule has 0 unspecified atom stereocenters. The molecule has 1 fully saturated rings. The number of primary amides is 1. The van der Waals surface area contributed by atoms with Crippen molar-refractivity contribution in [3.8, 4) is 0 Å². The van der Waals surface area contributed by atoms with Crippen molar-refractivity contribution in [3.63, 3.8) is 0 Å². The lowest BCUT2D eigenvalue weighted by Crippen LogP contribution is -2.40. The van der Waals surface area contributed by atoms with Gasteiger partial charge in [0.25, 0.3) is 0 Å². The number of likely N-dealkylation sites (tertiary alicyclic amines) is 1. The second-order valence-electron chi connectivity index (χ2n) is 4.23. The van der Waals surface area contributed by atoms with Crippen molar-refractivity contribution >= 4 is 18.1 Å². The number of carboxylic acids is 1. The van der Waals surface area contributed by atoms with Gasteiger partial charge >= 0.3 is 18.1 Å². The lowest BCUT2D eigenvalue weighted by Gasteiger charge is -2.16. The summed E-state index contributed by atoms with van der Waals surface area (Å²) in [4.78, 5) is 34.3. The topological polar surface area (TPSA) is 122 Å². The van der Waals surface area contributed by atoms with Gasteiger partial charge in [0.1, 0.15) is 6.61 Å². The Balaban J connectivity index is 2.31. The van der Waals surface area contributed by atoms with Crippen LogP contribution in [0.1, 0.15) is 6.92 Å². The largest absolute Gasteiger partial charge is 0.481 e. The molecule has 8 nitrogen and oxygen atoms in total. The van der Waals surface area contributed by atoms with Gasteiger partial charge in [0.15, 0.2) is 0 Å². The van der Waals surface area contributed by atoms with Crippen molar-refractivity contribution in [2.45, 2.75) is 6.92 Å². The van der Waals surface area contributed by atoms with E-state index in [4.69, 9.17) is 10.8 Å². The summed E-state index contributed by atoms with van der Waals surface area (Å²) in [5.74, 6) is -1.50. The van der Waals surface area contributed by atoms with E-state index in [1.165, 1.54) is 4.90 Å². The molecule has 1 rings (SSSR count). The molecule has 0 aliphatic carbocycles. The number of nitrogens with zero attached hydrogens (tertiary/aromatic N) is 1. The molecular weight excluding hydrogens is 242 g/mol. The predicted octanol–water partition coefficient (Wildman–Crippen LogP) is -0.556. The third-order valence-electron chi connectivity index (χ3n) is 2.84. The molecule has 1 heterocycles. The Kier molecular flexibility index (Phi) is 4.75. The summed E-state index contributed by atoms with van der Waals surface area (Å²) in [5, 5.41) is 11.4. The van der Waals surface area contributed by atoms with Gasteiger partial charge in [-0.1, -0.05) is 6.92 Å². The first kappa shape index (κ1) is 14.1. The van der Waals surface area contributed by atoms with Crippen LogP contribution in [0.25, 0.3) is 0 Å². The quantitative estimate of drug-likeness (QED) is 0.584. The number of carboxylic acid groups (broad SMARTS) is 1. The van der Waals surface area contributed by atoms with Gasteiger partial charge in [-0.2, -0.15) is 0 Å². The highest BCUT2D eigenvalue weighted by molar-refractivity contribution is 5.77. The number of hydrogen-bond donors (Lipinski definition) is 3. The number of nitrogens with one attached hydrogen (secondary N) is 1. The van der Waals surface area contributed by atoms with Gasteiger partial charge in [0, 0.05) is 13.1 Å². The molecule has 0 radical (unpaired) electrons. The highest BCUT2D eigenvalue weighted by Gasteiger charge is 2.36. The zero-order chi connectivity index (χ0) is 13.7. The number of ether oxygens (including phenoxy) is 1. The first-order valence-electron chi connectivity index (χ1n) is 5.59. The van der Waals surface area contributed by atoms with Crippen molar-refractivity contribution in [1.29, 1.82) is 0 Å². The number of rotatable bonds is 4. The highest BCUT2D eigenvalue weighted by Crippen LogP contribution is 2.22. The predicted molar refractivity (Wildman–Crippen MR) is 60.8 cm³/mol. The molecule has 1 saturated heterocycles. The van der Waals surface area contributed by atoms with Crippen LogP contribution < -0.4 is 11.1 Å². The average molecular weight is 259 g/mol. The number of amides is 3. The van der Waals surface area contributed by atoms with E-state index in [1.807, 2.05) is 0 Å². The Morgan fingerprint density at radius 1 is 1.44 bits per heavy atom. The smallest absolute Gasteiger partial charge is 0.404 e. The summed E-state index contributed by atoms with van der Waals surface area (Å²) in [6.45, 7) is 2.53. The standard InChI is InChI=1S/C10H17N3O5/c1-6-4-13(5-7(6)8(14)15)10(17)12-2-3-18-9(11)16/h6-7H,2-5H2,1H3,(H2,11,16)(H,12,17)(H,14,15)/t6-,7-/m1/s1. The Bertz CT molecular complexity index is 346. The Morgan fingerprint density at radius 2 is 2.11 bits per heavy atom. The fraction of sp³-hybridized carbons (Fsp3) is 0.700. The van der Waals surface area contributed by atoms with E-state index in [2.05, 4.69) is 10.1 Å². The van der Waals surface area contributed by atoms with Gasteiger partial charge in [-0.25, -0.2) is 9.59 Å². The second kappa shape index (κ2) is 6.08. The highest BCUT2D eigenvalue weighted by atomic mass is 16.5. The number of hydrogen-bond acceptors (Lipinski definition) is 4. The van der Waals surface area contributed by atoms with Crippen LogP contribution in [0.5, 0.6) is 0 Å². The van der Waals surface area contributed by atoms with Crippen LogP contribution in [-0.2, 0) is 9.53 Å². The number of carbonyl (C=O) groups is 3. The summed E-state index contributed by atoms with van der Waals surface area (Å²) in [6.07, 6.45) is -0.898. The summed E-state index contributed by atoms with van der Waals surface area (Å²) < 4.78 is 4.45. The Hall–Kier alpha value is -1.99. The molecular formula is C10H17N3O5. The summed E-state index contributed by atoms with van der Waals surface area (Å²) >= 11 is 0. The number of urea groups is 1. The van der Waals surface area contributed by atoms with Gasteiger partial charge < -0.3 is 25.8 Å². The van der Waals surface area contributed by atoms with Crippen molar-refractivity contribution in [3.05, 3.63) is 0 Å². The maximum absolute atomic E-state index is 11.7. The molecule has 18 heavy (non-hydrogen) atoms. The number of carbonyl (C=O) groups excluding carboxylic acids is 2. The SMILES string of the molecule is C[C@@H]1CN(C(=O)NCCOC(N)=O)C[C@H]1C(=O)O. The van der Waals surface area contributed by atoms with E-state index < -0.39 is 18.0 Å². The molecule has 2 atom stereocenters. The minimum atomic E-state index is -0.898. The second-order valence-corrected chi connectivity index (χ2v) is 4.23. The molecule has 0 bridgehead atoms. The van der Waals surface area contributed by atoms with Crippen LogP contribution >= 0.6 is 0 Å². The molecule has 4 N–H and O–H groups in total. The fourth-order valence-corrected chi connectivity index (χ4v) is 1.88. The van der Waals surface area contributed by atoms with E-state index >= 15 is 0 Å². The lowest BCUT2D eigenvalue weighted by molar-refractivity contribution is -0.142. The van der Waals surface area contributed by atoms with Crippen molar-refractivity contribution in [2.24, 2.45) is 17.6 Å². The van der Waals surface area contributed by atoms with Crippen molar-refractivity contribution in [2.75, 3.05) is 26.2 Å². The summed E-state index contributed by atoms with van der Waals surface area (Å²) in [6, 6.07) is -0.362. The first-order chi connectivity index (χ1) is 8.41. The molecule has 0 aromatic heterocycles. The third kappa shape index (κ3) is 3.79. The van der Waals surface area contributed by atoms with Crippen LogP contribution in [0.4, 0.5) is 9.59 Å². The molecule has 102 valence electrons. The van der Waals surface area contributed by atoms with E-state index in [0.29, 0.717) is 6.54 Å². The fourth-order valence-electron chi connectivity index (χ4n) is 1.88. The van der Waals surface area contributed by atoms with Crippen LogP contribution in [-0.4, -0.2) is 54.3 Å². The Labute approximate surface area is 104 Å². The van der Waals surface area contributed by atoms with Crippen LogP contribution in [0, 0.1) is 11.8 Å². The zero-order valence-electron chi connectivity index (χ0n) is 10.1. The molecule has 0 aromatic carbocycles. The molecule has 0 spiro atoms. The van der Waals surface area contributed by atoms with Crippen molar-refractivity contribution < 1.29 is 24.2 Å². The maximum Gasteiger partial charge on any atom is 0.404 e. The van der Waals surface area contributed by atoms with Crippen molar-refractivity contribution in [1.82, 2.24) is 10.2 Å². The van der Waals surface area contributed by atoms with E-state index in [-0.39, 0.29) is 31.6 Å². The molecule has 1 aliphatic rings. The lowest BCUT2D eigenvalue weighted by atomic mass is 9.99. The van der Waals surface area contributed by atoms with Crippen LogP contribution in [0.3, 0.4) is 0 Å². The number of nitrogens with two attached hydrogens (primary N) is 1. The van der Waals surface area contributed by atoms with Gasteiger partial charge in [0.05, 0.1) is 12.5 Å². The summed E-state index contributed by atoms with van der Waals surface area (Å²) in [5.41, 5.74) is 4.75. The third-order valence-corrected chi connectivity index (χ3v) is 2.84. The molecule has 8 heteroatoms. The van der Waals surface area contributed by atoms with Gasteiger partial charge in [-0.15, -0.1) is 0 Å². The minimum absolute atomic E-state index is 0.00712. The van der Waals surface area contributed by atoms with E-state index in [0.717, 1.165) is 0 Å². The number of aliphatic carboxylic acids is 1. The average Bonchev–Trinajstić information content (AvgIpc) is 2.66. The van der Waals surface area contributed by atoms with E-state index in [1.54, 1.807) is 6.92 Å². The van der Waals surface area contributed by atoms with Gasteiger partial charge in [0.2, 0.25) is 0 Å².